The zero-order valence-electron chi connectivity index (χ0n) is 17.5. The largest absolute Gasteiger partial charge is 0.506 e. The van der Waals surface area contributed by atoms with E-state index in [4.69, 9.17) is 9.97 Å². The van der Waals surface area contributed by atoms with Gasteiger partial charge in [0.1, 0.15) is 17.1 Å². The van der Waals surface area contributed by atoms with Gasteiger partial charge in [-0.15, -0.1) is 0 Å². The summed E-state index contributed by atoms with van der Waals surface area (Å²) in [5.74, 6) is 0.337. The number of H-pyrrole nitrogens is 2. The molecule has 0 spiro atoms. The highest BCUT2D eigenvalue weighted by Gasteiger charge is 2.17. The van der Waals surface area contributed by atoms with Gasteiger partial charge in [0.05, 0.1) is 28.4 Å². The smallest absolute Gasteiger partial charge is 0.161 e. The second-order valence-electron chi connectivity index (χ2n) is 7.90. The normalized spacial score (nSPS) is 11.5. The third kappa shape index (κ3) is 3.28. The van der Waals surface area contributed by atoms with Crippen molar-refractivity contribution in [3.63, 3.8) is 0 Å². The van der Waals surface area contributed by atoms with Crippen molar-refractivity contribution in [2.24, 2.45) is 0 Å². The summed E-state index contributed by atoms with van der Waals surface area (Å²) < 4.78 is 14.0. The Balaban J connectivity index is 1.51. The topological polar surface area (TPSA) is 103 Å². The van der Waals surface area contributed by atoms with Crippen molar-refractivity contribution in [3.05, 3.63) is 78.4 Å². The van der Waals surface area contributed by atoms with Crippen LogP contribution in [-0.2, 0) is 0 Å². The van der Waals surface area contributed by atoms with E-state index >= 15 is 0 Å². The molecule has 2 aromatic carbocycles. The van der Waals surface area contributed by atoms with Gasteiger partial charge in [0.15, 0.2) is 11.5 Å². The van der Waals surface area contributed by atoms with Crippen molar-refractivity contribution in [2.45, 2.75) is 6.92 Å². The zero-order valence-corrected chi connectivity index (χ0v) is 17.5. The number of aryl methyl sites for hydroxylation is 1. The second-order valence-corrected chi connectivity index (χ2v) is 7.90. The van der Waals surface area contributed by atoms with E-state index in [0.29, 0.717) is 28.3 Å². The zero-order chi connectivity index (χ0) is 22.5. The van der Waals surface area contributed by atoms with Gasteiger partial charge in [-0.05, 0) is 54.4 Å². The van der Waals surface area contributed by atoms with E-state index in [9.17, 15) is 9.50 Å². The number of aromatic amines is 2. The summed E-state index contributed by atoms with van der Waals surface area (Å²) in [6.45, 7) is 1.86. The molecule has 7 nitrogen and oxygen atoms in total. The average molecular weight is 436 g/mol. The lowest BCUT2D eigenvalue weighted by Crippen LogP contribution is -1.88. The molecule has 3 N–H and O–H groups in total. The summed E-state index contributed by atoms with van der Waals surface area (Å²) in [5, 5.41) is 17.2. The lowest BCUT2D eigenvalue weighted by Gasteiger charge is -2.04. The third-order valence-electron chi connectivity index (χ3n) is 5.52. The Morgan fingerprint density at radius 3 is 2.64 bits per heavy atom. The maximum atomic E-state index is 14.0. The quantitative estimate of drug-likeness (QED) is 0.345. The molecule has 0 saturated carbocycles. The van der Waals surface area contributed by atoms with Crippen molar-refractivity contribution < 1.29 is 9.50 Å². The minimum absolute atomic E-state index is 0.0687. The molecule has 160 valence electrons. The van der Waals surface area contributed by atoms with Crippen molar-refractivity contribution in [1.29, 1.82) is 0 Å². The molecule has 33 heavy (non-hydrogen) atoms. The van der Waals surface area contributed by atoms with Gasteiger partial charge in [0.25, 0.3) is 0 Å². The van der Waals surface area contributed by atoms with Crippen molar-refractivity contribution >= 4 is 22.1 Å². The molecule has 4 aromatic heterocycles. The number of rotatable bonds is 3. The summed E-state index contributed by atoms with van der Waals surface area (Å²) in [4.78, 5) is 16.9. The Hall–Kier alpha value is -4.59. The summed E-state index contributed by atoms with van der Waals surface area (Å²) in [7, 11) is 0. The first kappa shape index (κ1) is 19.1. The number of aromatic hydroxyl groups is 1. The summed E-state index contributed by atoms with van der Waals surface area (Å²) in [6, 6.07) is 16.0. The monoisotopic (exact) mass is 436 g/mol. The minimum Gasteiger partial charge on any atom is -0.506 e. The SMILES string of the molecule is Cc1cc(F)cc(-c2cccc3[nH]c(-c4n[nH]c5ccc(-c6cncc(O)c6)nc45)nc23)c1. The van der Waals surface area contributed by atoms with Crippen LogP contribution < -0.4 is 0 Å². The van der Waals surface area contributed by atoms with Crippen LogP contribution in [-0.4, -0.2) is 35.2 Å². The van der Waals surface area contributed by atoms with E-state index in [-0.39, 0.29) is 11.6 Å². The molecule has 0 aliphatic heterocycles. The van der Waals surface area contributed by atoms with Gasteiger partial charge in [0, 0.05) is 17.3 Å². The number of aromatic nitrogens is 6. The molecule has 6 aromatic rings. The van der Waals surface area contributed by atoms with Crippen LogP contribution in [0.25, 0.3) is 56.0 Å². The molecular weight excluding hydrogens is 419 g/mol. The Morgan fingerprint density at radius 1 is 0.879 bits per heavy atom. The molecule has 0 aliphatic carbocycles. The van der Waals surface area contributed by atoms with E-state index in [1.807, 2.05) is 43.3 Å². The molecule has 0 amide bonds. The minimum atomic E-state index is -0.283. The van der Waals surface area contributed by atoms with E-state index in [0.717, 1.165) is 33.2 Å². The van der Waals surface area contributed by atoms with Crippen LogP contribution >= 0.6 is 0 Å². The van der Waals surface area contributed by atoms with Gasteiger partial charge in [-0.2, -0.15) is 5.10 Å². The second kappa shape index (κ2) is 7.23. The molecule has 6 rings (SSSR count). The van der Waals surface area contributed by atoms with E-state index in [2.05, 4.69) is 20.2 Å². The average Bonchev–Trinajstić information content (AvgIpc) is 3.41. The number of hydrogen-bond donors (Lipinski definition) is 3. The fourth-order valence-electron chi connectivity index (χ4n) is 4.06. The number of para-hydroxylation sites is 1. The van der Waals surface area contributed by atoms with E-state index < -0.39 is 0 Å². The molecule has 4 heterocycles. The van der Waals surface area contributed by atoms with Gasteiger partial charge in [-0.1, -0.05) is 18.2 Å². The van der Waals surface area contributed by atoms with Gasteiger partial charge in [-0.25, -0.2) is 14.4 Å². The number of halogens is 1. The molecule has 0 atom stereocenters. The highest BCUT2D eigenvalue weighted by Crippen LogP contribution is 2.32. The molecule has 0 bridgehead atoms. The third-order valence-corrected chi connectivity index (χ3v) is 5.52. The lowest BCUT2D eigenvalue weighted by atomic mass is 10.0. The van der Waals surface area contributed by atoms with Gasteiger partial charge >= 0.3 is 0 Å². The Bertz CT molecular complexity index is 1650. The van der Waals surface area contributed by atoms with Crippen LogP contribution in [0.4, 0.5) is 4.39 Å². The standard InChI is InChI=1S/C25H17FN6O/c1-13-7-14(9-16(26)8-13)18-3-2-4-20-22(18)30-25(29-20)24-23-21(31-32-24)6-5-19(28-23)15-10-17(33)12-27-11-15/h2-12,33H,1H3,(H,29,30)(H,31,32). The van der Waals surface area contributed by atoms with Crippen molar-refractivity contribution in [2.75, 3.05) is 0 Å². The summed E-state index contributed by atoms with van der Waals surface area (Å²) >= 11 is 0. The number of fused-ring (bicyclic) bond motifs is 2. The Labute approximate surface area is 187 Å². The maximum absolute atomic E-state index is 14.0. The lowest BCUT2D eigenvalue weighted by molar-refractivity contribution is 0.473. The molecular formula is C25H17FN6O. The van der Waals surface area contributed by atoms with Gasteiger partial charge in [-0.3, -0.25) is 10.1 Å². The van der Waals surface area contributed by atoms with Gasteiger partial charge in [0.2, 0.25) is 0 Å². The predicted molar refractivity (Wildman–Crippen MR) is 124 cm³/mol. The highest BCUT2D eigenvalue weighted by molar-refractivity contribution is 5.96. The fraction of sp³-hybridized carbons (Fsp3) is 0.0400. The first-order valence-electron chi connectivity index (χ1n) is 10.3. The van der Waals surface area contributed by atoms with Crippen LogP contribution in [0.1, 0.15) is 5.56 Å². The maximum Gasteiger partial charge on any atom is 0.161 e. The first-order chi connectivity index (χ1) is 16.0. The van der Waals surface area contributed by atoms with E-state index in [1.165, 1.54) is 18.3 Å². The molecule has 0 unspecified atom stereocenters. The summed E-state index contributed by atoms with van der Waals surface area (Å²) in [6.07, 6.45) is 3.01. The summed E-state index contributed by atoms with van der Waals surface area (Å²) in [5.41, 5.74) is 7.28. The Kier molecular flexibility index (Phi) is 4.19. The van der Waals surface area contributed by atoms with Crippen LogP contribution in [0.5, 0.6) is 5.75 Å². The highest BCUT2D eigenvalue weighted by atomic mass is 19.1. The molecule has 8 heteroatoms. The number of hydrogen-bond acceptors (Lipinski definition) is 5. The predicted octanol–water partition coefficient (Wildman–Crippen LogP) is 5.38. The number of nitrogens with one attached hydrogen (secondary N) is 2. The number of benzene rings is 2. The van der Waals surface area contributed by atoms with Crippen LogP contribution in [0.3, 0.4) is 0 Å². The molecule has 0 aliphatic rings. The molecule has 0 radical (unpaired) electrons. The van der Waals surface area contributed by atoms with Crippen molar-refractivity contribution in [3.8, 4) is 39.7 Å². The first-order valence-corrected chi connectivity index (χ1v) is 10.3. The number of nitrogens with zero attached hydrogens (tertiary/aromatic N) is 4. The van der Waals surface area contributed by atoms with Crippen LogP contribution in [0.2, 0.25) is 0 Å². The molecule has 0 fully saturated rings. The number of imidazole rings is 1. The Morgan fingerprint density at radius 2 is 1.79 bits per heavy atom. The molecule has 0 saturated heterocycles. The van der Waals surface area contributed by atoms with Crippen LogP contribution in [0, 0.1) is 12.7 Å². The fourth-order valence-corrected chi connectivity index (χ4v) is 4.06. The van der Waals surface area contributed by atoms with E-state index in [1.54, 1.807) is 12.3 Å². The number of pyridine rings is 2. The van der Waals surface area contributed by atoms with Crippen LogP contribution in [0.15, 0.2) is 67.0 Å². The van der Waals surface area contributed by atoms with Gasteiger partial charge < -0.3 is 10.1 Å². The van der Waals surface area contributed by atoms with Crippen molar-refractivity contribution in [1.82, 2.24) is 30.1 Å².